The second-order valence-electron chi connectivity index (χ2n) is 6.34. The fourth-order valence-corrected chi connectivity index (χ4v) is 3.17. The van der Waals surface area contributed by atoms with Gasteiger partial charge in [-0.05, 0) is 25.0 Å². The summed E-state index contributed by atoms with van der Waals surface area (Å²) in [4.78, 5) is 31.0. The molecule has 7 nitrogen and oxygen atoms in total. The van der Waals surface area contributed by atoms with Crippen LogP contribution in [0.25, 0.3) is 0 Å². The van der Waals surface area contributed by atoms with Crippen molar-refractivity contribution in [3.05, 3.63) is 42.5 Å². The topological polar surface area (TPSA) is 73.7 Å². The zero-order valence-electron chi connectivity index (χ0n) is 15.1. The monoisotopic (exact) mass is 357 g/mol. The number of carbonyl (C=O) groups excluding carboxylic acids is 2. The molecule has 1 saturated heterocycles. The third-order valence-electron chi connectivity index (χ3n) is 4.61. The first kappa shape index (κ1) is 18.0. The van der Waals surface area contributed by atoms with E-state index in [0.717, 1.165) is 12.8 Å². The van der Waals surface area contributed by atoms with Crippen LogP contribution >= 0.6 is 0 Å². The van der Waals surface area contributed by atoms with Crippen molar-refractivity contribution in [2.45, 2.75) is 12.8 Å². The van der Waals surface area contributed by atoms with Crippen LogP contribution in [0.3, 0.4) is 0 Å². The highest BCUT2D eigenvalue weighted by atomic mass is 16.5. The van der Waals surface area contributed by atoms with E-state index in [9.17, 15) is 9.59 Å². The first-order valence-corrected chi connectivity index (χ1v) is 8.65. The fourth-order valence-electron chi connectivity index (χ4n) is 3.17. The smallest absolute Gasteiger partial charge is 0.260 e. The van der Waals surface area contributed by atoms with Crippen molar-refractivity contribution < 1.29 is 19.1 Å². The number of hydrogen-bond acceptors (Lipinski definition) is 5. The van der Waals surface area contributed by atoms with Crippen LogP contribution in [-0.2, 0) is 11.8 Å². The minimum absolute atomic E-state index is 0.0133. The number of amides is 1. The van der Waals surface area contributed by atoms with E-state index in [0.29, 0.717) is 30.4 Å². The quantitative estimate of drug-likeness (QED) is 0.739. The summed E-state index contributed by atoms with van der Waals surface area (Å²) < 4.78 is 12.5. The van der Waals surface area contributed by atoms with Gasteiger partial charge in [-0.25, -0.2) is 4.98 Å². The zero-order valence-corrected chi connectivity index (χ0v) is 15.1. The van der Waals surface area contributed by atoms with Gasteiger partial charge in [-0.15, -0.1) is 0 Å². The number of benzene rings is 1. The van der Waals surface area contributed by atoms with Gasteiger partial charge in [0.25, 0.3) is 5.91 Å². The Balaban J connectivity index is 1.59. The molecule has 1 aromatic carbocycles. The van der Waals surface area contributed by atoms with Crippen molar-refractivity contribution in [3.63, 3.8) is 0 Å². The van der Waals surface area contributed by atoms with Gasteiger partial charge in [0, 0.05) is 38.4 Å². The lowest BCUT2D eigenvalue weighted by molar-refractivity contribution is -0.134. The van der Waals surface area contributed by atoms with Crippen LogP contribution in [0, 0.1) is 5.92 Å². The van der Waals surface area contributed by atoms with E-state index in [1.807, 2.05) is 12.1 Å². The van der Waals surface area contributed by atoms with E-state index < -0.39 is 0 Å². The van der Waals surface area contributed by atoms with Gasteiger partial charge in [-0.2, -0.15) is 0 Å². The molecule has 26 heavy (non-hydrogen) atoms. The van der Waals surface area contributed by atoms with Gasteiger partial charge in [-0.3, -0.25) is 9.59 Å². The van der Waals surface area contributed by atoms with Crippen LogP contribution < -0.4 is 9.47 Å². The molecule has 1 atom stereocenters. The molecule has 0 radical (unpaired) electrons. The van der Waals surface area contributed by atoms with Crippen molar-refractivity contribution >= 4 is 11.7 Å². The third-order valence-corrected chi connectivity index (χ3v) is 4.61. The SMILES string of the molecule is COc1ccccc1OCC(=O)N1CCCC(C(=O)c2nccn2C)C1. The number of piperidine rings is 1. The van der Waals surface area contributed by atoms with Crippen molar-refractivity contribution in [1.82, 2.24) is 14.5 Å². The Morgan fingerprint density at radius 3 is 2.73 bits per heavy atom. The van der Waals surface area contributed by atoms with Crippen molar-refractivity contribution in [3.8, 4) is 11.5 Å². The normalized spacial score (nSPS) is 17.0. The van der Waals surface area contributed by atoms with Crippen LogP contribution in [0.1, 0.15) is 23.5 Å². The molecule has 2 aromatic rings. The number of aryl methyl sites for hydroxylation is 1. The molecule has 1 amide bonds. The maximum atomic E-state index is 12.6. The molecule has 1 aromatic heterocycles. The van der Waals surface area contributed by atoms with E-state index in [4.69, 9.17) is 9.47 Å². The first-order valence-electron chi connectivity index (χ1n) is 8.65. The Morgan fingerprint density at radius 2 is 2.04 bits per heavy atom. The molecular weight excluding hydrogens is 334 g/mol. The molecule has 0 saturated carbocycles. The van der Waals surface area contributed by atoms with Gasteiger partial charge in [0.05, 0.1) is 7.11 Å². The summed E-state index contributed by atoms with van der Waals surface area (Å²) in [7, 11) is 3.36. The second-order valence-corrected chi connectivity index (χ2v) is 6.34. The summed E-state index contributed by atoms with van der Waals surface area (Å²) in [6, 6.07) is 7.20. The van der Waals surface area contributed by atoms with Crippen molar-refractivity contribution in [1.29, 1.82) is 0 Å². The van der Waals surface area contributed by atoms with E-state index in [-0.39, 0.29) is 24.2 Å². The maximum Gasteiger partial charge on any atom is 0.260 e. The predicted octanol–water partition coefficient (Wildman–Crippen LogP) is 1.93. The zero-order chi connectivity index (χ0) is 18.5. The number of para-hydroxylation sites is 2. The summed E-state index contributed by atoms with van der Waals surface area (Å²) in [6.45, 7) is 0.960. The summed E-state index contributed by atoms with van der Waals surface area (Å²) >= 11 is 0. The van der Waals surface area contributed by atoms with Gasteiger partial charge in [0.1, 0.15) is 0 Å². The molecule has 0 bridgehead atoms. The number of aromatic nitrogens is 2. The van der Waals surface area contributed by atoms with Crippen LogP contribution in [-0.4, -0.2) is 52.9 Å². The molecule has 1 fully saturated rings. The third kappa shape index (κ3) is 3.87. The van der Waals surface area contributed by atoms with Crippen LogP contribution in [0.5, 0.6) is 11.5 Å². The van der Waals surface area contributed by atoms with Gasteiger partial charge in [0.15, 0.2) is 23.9 Å². The average Bonchev–Trinajstić information content (AvgIpc) is 3.11. The Morgan fingerprint density at radius 1 is 1.27 bits per heavy atom. The highest BCUT2D eigenvalue weighted by molar-refractivity contribution is 5.95. The summed E-state index contributed by atoms with van der Waals surface area (Å²) in [5.74, 6) is 1.19. The number of imidazole rings is 1. The molecule has 0 aliphatic carbocycles. The second kappa shape index (κ2) is 8.03. The molecule has 1 aliphatic heterocycles. The largest absolute Gasteiger partial charge is 0.493 e. The molecule has 1 aliphatic rings. The van der Waals surface area contributed by atoms with Crippen molar-refractivity contribution in [2.75, 3.05) is 26.8 Å². The fraction of sp³-hybridized carbons (Fsp3) is 0.421. The van der Waals surface area contributed by atoms with E-state index in [1.165, 1.54) is 0 Å². The maximum absolute atomic E-state index is 12.6. The molecular formula is C19H23N3O4. The Hall–Kier alpha value is -2.83. The highest BCUT2D eigenvalue weighted by Crippen LogP contribution is 2.26. The van der Waals surface area contributed by atoms with Crippen LogP contribution in [0.4, 0.5) is 0 Å². The van der Waals surface area contributed by atoms with Crippen LogP contribution in [0.2, 0.25) is 0 Å². The Bertz CT molecular complexity index is 787. The molecule has 0 N–H and O–H groups in total. The Labute approximate surface area is 152 Å². The Kier molecular flexibility index (Phi) is 5.55. The number of methoxy groups -OCH3 is 1. The number of ether oxygens (including phenoxy) is 2. The van der Waals surface area contributed by atoms with Gasteiger partial charge in [-0.1, -0.05) is 12.1 Å². The van der Waals surface area contributed by atoms with E-state index in [2.05, 4.69) is 4.98 Å². The predicted molar refractivity (Wildman–Crippen MR) is 95.3 cm³/mol. The first-order chi connectivity index (χ1) is 12.6. The van der Waals surface area contributed by atoms with Gasteiger partial charge in [0.2, 0.25) is 5.78 Å². The summed E-state index contributed by atoms with van der Waals surface area (Å²) in [6.07, 6.45) is 4.92. The number of rotatable bonds is 6. The van der Waals surface area contributed by atoms with Crippen molar-refractivity contribution in [2.24, 2.45) is 13.0 Å². The highest BCUT2D eigenvalue weighted by Gasteiger charge is 2.30. The number of nitrogens with zero attached hydrogens (tertiary/aromatic N) is 3. The van der Waals surface area contributed by atoms with Gasteiger partial charge < -0.3 is 18.9 Å². The molecule has 7 heteroatoms. The lowest BCUT2D eigenvalue weighted by atomic mass is 9.93. The lowest BCUT2D eigenvalue weighted by Gasteiger charge is -2.31. The minimum atomic E-state index is -0.222. The molecule has 2 heterocycles. The lowest BCUT2D eigenvalue weighted by Crippen LogP contribution is -2.44. The summed E-state index contributed by atoms with van der Waals surface area (Å²) in [5, 5.41) is 0. The summed E-state index contributed by atoms with van der Waals surface area (Å²) in [5.41, 5.74) is 0. The number of Topliss-reactive ketones (excluding diaryl/α,β-unsaturated/α-hetero) is 1. The number of ketones is 1. The molecule has 138 valence electrons. The van der Waals surface area contributed by atoms with Crippen LogP contribution in [0.15, 0.2) is 36.7 Å². The molecule has 1 unspecified atom stereocenters. The average molecular weight is 357 g/mol. The number of carbonyl (C=O) groups is 2. The van der Waals surface area contributed by atoms with E-state index >= 15 is 0 Å². The standard InChI is InChI=1S/C19H23N3O4/c1-21-11-9-20-19(21)18(24)14-6-5-10-22(12-14)17(23)13-26-16-8-4-3-7-15(16)25-2/h3-4,7-9,11,14H,5-6,10,12-13H2,1-2H3. The minimum Gasteiger partial charge on any atom is -0.493 e. The molecule has 0 spiro atoms. The number of likely N-dealkylation sites (tertiary alicyclic amines) is 1. The number of hydrogen-bond donors (Lipinski definition) is 0. The molecule has 3 rings (SSSR count). The van der Waals surface area contributed by atoms with Gasteiger partial charge >= 0.3 is 0 Å². The van der Waals surface area contributed by atoms with E-state index in [1.54, 1.807) is 48.2 Å².